The average Bonchev–Trinajstić information content (AvgIpc) is 2.29. The van der Waals surface area contributed by atoms with Gasteiger partial charge >= 0.3 is 0 Å². The molecule has 0 aliphatic carbocycles. The third-order valence-corrected chi connectivity index (χ3v) is 3.60. The van der Waals surface area contributed by atoms with Crippen LogP contribution in [0.2, 0.25) is 0 Å². The fourth-order valence-electron chi connectivity index (χ4n) is 1.43. The van der Waals surface area contributed by atoms with Gasteiger partial charge in [-0.3, -0.25) is 0 Å². The highest BCUT2D eigenvalue weighted by atomic mass is 79.9. The Morgan fingerprint density at radius 1 is 1.29 bits per heavy atom. The third-order valence-electron chi connectivity index (χ3n) is 2.35. The molecule has 96 valence electrons. The molecule has 0 aromatic heterocycles. The van der Waals surface area contributed by atoms with Crippen LogP contribution in [-0.4, -0.2) is 19.7 Å². The summed E-state index contributed by atoms with van der Waals surface area (Å²) >= 11 is 6.98. The van der Waals surface area contributed by atoms with Gasteiger partial charge in [0.25, 0.3) is 0 Å². The molecule has 0 saturated heterocycles. The molecule has 4 heteroatoms. The summed E-state index contributed by atoms with van der Waals surface area (Å²) in [6.45, 7) is 7.15. The zero-order chi connectivity index (χ0) is 12.7. The molecule has 0 aliphatic heterocycles. The molecule has 0 saturated carbocycles. The van der Waals surface area contributed by atoms with E-state index in [9.17, 15) is 0 Å². The van der Waals surface area contributed by atoms with Crippen LogP contribution in [0.3, 0.4) is 0 Å². The van der Waals surface area contributed by atoms with Crippen molar-refractivity contribution < 1.29 is 4.74 Å². The smallest absolute Gasteiger partial charge is 0.147 e. The number of nitrogens with one attached hydrogen (secondary N) is 1. The normalized spacial score (nSPS) is 12.5. The first-order chi connectivity index (χ1) is 8.15. The van der Waals surface area contributed by atoms with Crippen LogP contribution >= 0.6 is 31.9 Å². The summed E-state index contributed by atoms with van der Waals surface area (Å²) in [6, 6.07) is 5.95. The van der Waals surface area contributed by atoms with Crippen molar-refractivity contribution >= 4 is 31.9 Å². The van der Waals surface area contributed by atoms with Gasteiger partial charge in [0.15, 0.2) is 0 Å². The van der Waals surface area contributed by atoms with Crippen LogP contribution < -0.4 is 10.1 Å². The van der Waals surface area contributed by atoms with Crippen molar-refractivity contribution in [2.45, 2.75) is 20.3 Å². The summed E-state index contributed by atoms with van der Waals surface area (Å²) in [5, 5.41) is 3.40. The summed E-state index contributed by atoms with van der Waals surface area (Å²) in [4.78, 5) is 0. The van der Waals surface area contributed by atoms with Crippen LogP contribution in [-0.2, 0) is 0 Å². The van der Waals surface area contributed by atoms with E-state index in [2.05, 4.69) is 51.0 Å². The number of ether oxygens (including phenoxy) is 1. The van der Waals surface area contributed by atoms with Crippen molar-refractivity contribution in [3.05, 3.63) is 27.1 Å². The van der Waals surface area contributed by atoms with Gasteiger partial charge in [0.1, 0.15) is 5.75 Å². The summed E-state index contributed by atoms with van der Waals surface area (Å²) in [6.07, 6.45) is 1.17. The van der Waals surface area contributed by atoms with Gasteiger partial charge in [0.2, 0.25) is 0 Å². The maximum Gasteiger partial charge on any atom is 0.147 e. The van der Waals surface area contributed by atoms with E-state index in [1.807, 2.05) is 18.2 Å². The molecule has 1 unspecified atom stereocenters. The van der Waals surface area contributed by atoms with E-state index in [1.54, 1.807) is 0 Å². The highest BCUT2D eigenvalue weighted by Gasteiger charge is 2.08. The molecule has 0 radical (unpaired) electrons. The molecule has 0 amide bonds. The largest absolute Gasteiger partial charge is 0.491 e. The van der Waals surface area contributed by atoms with Crippen molar-refractivity contribution in [1.82, 2.24) is 5.32 Å². The number of hydrogen-bond donors (Lipinski definition) is 1. The molecule has 1 aromatic rings. The molecule has 0 fully saturated rings. The van der Waals surface area contributed by atoms with E-state index >= 15 is 0 Å². The summed E-state index contributed by atoms with van der Waals surface area (Å²) < 4.78 is 7.80. The van der Waals surface area contributed by atoms with Gasteiger partial charge in [-0.25, -0.2) is 0 Å². The second kappa shape index (κ2) is 8.11. The van der Waals surface area contributed by atoms with Gasteiger partial charge in [0, 0.05) is 12.5 Å². The lowest BCUT2D eigenvalue weighted by Crippen LogP contribution is -2.25. The van der Waals surface area contributed by atoms with Gasteiger partial charge < -0.3 is 10.1 Å². The molecule has 0 spiro atoms. The zero-order valence-corrected chi connectivity index (χ0v) is 13.5. The van der Waals surface area contributed by atoms with Gasteiger partial charge in [-0.05, 0) is 57.0 Å². The average molecular weight is 365 g/mol. The lowest BCUT2D eigenvalue weighted by Gasteiger charge is -2.15. The monoisotopic (exact) mass is 363 g/mol. The van der Waals surface area contributed by atoms with Gasteiger partial charge in [-0.2, -0.15) is 0 Å². The number of rotatable bonds is 7. The lowest BCUT2D eigenvalue weighted by molar-refractivity contribution is 0.253. The maximum absolute atomic E-state index is 5.83. The minimum atomic E-state index is 0.501. The highest BCUT2D eigenvalue weighted by molar-refractivity contribution is 9.11. The topological polar surface area (TPSA) is 21.3 Å². The van der Waals surface area contributed by atoms with Crippen LogP contribution in [0.1, 0.15) is 20.3 Å². The van der Waals surface area contributed by atoms with Crippen LogP contribution in [0.15, 0.2) is 27.1 Å². The van der Waals surface area contributed by atoms with Crippen molar-refractivity contribution in [2.24, 2.45) is 5.92 Å². The fraction of sp³-hybridized carbons (Fsp3) is 0.538. The van der Waals surface area contributed by atoms with E-state index in [1.165, 1.54) is 6.42 Å². The van der Waals surface area contributed by atoms with E-state index in [0.717, 1.165) is 34.4 Å². The van der Waals surface area contributed by atoms with Crippen LogP contribution in [0.4, 0.5) is 0 Å². The number of hydrogen-bond acceptors (Lipinski definition) is 2. The number of benzene rings is 1. The van der Waals surface area contributed by atoms with E-state index < -0.39 is 0 Å². The molecular formula is C13H19Br2NO. The first-order valence-electron chi connectivity index (χ1n) is 5.92. The second-order valence-electron chi connectivity index (χ2n) is 4.17. The first kappa shape index (κ1) is 15.0. The minimum Gasteiger partial charge on any atom is -0.491 e. The Labute approximate surface area is 120 Å². The summed E-state index contributed by atoms with van der Waals surface area (Å²) in [5.74, 6) is 1.38. The molecule has 0 bridgehead atoms. The van der Waals surface area contributed by atoms with Gasteiger partial charge in [-0.15, -0.1) is 0 Å². The van der Waals surface area contributed by atoms with Crippen molar-refractivity contribution in [2.75, 3.05) is 19.7 Å². The Morgan fingerprint density at radius 2 is 1.94 bits per heavy atom. The lowest BCUT2D eigenvalue weighted by atomic mass is 10.2. The van der Waals surface area contributed by atoms with Crippen molar-refractivity contribution in [3.8, 4) is 5.75 Å². The predicted molar refractivity (Wildman–Crippen MR) is 79.7 cm³/mol. The predicted octanol–water partition coefficient (Wildman–Crippen LogP) is 4.23. The molecular weight excluding hydrogens is 346 g/mol. The molecule has 0 heterocycles. The van der Waals surface area contributed by atoms with E-state index in [4.69, 9.17) is 4.74 Å². The SMILES string of the molecule is CCCNCC(C)COc1c(Br)cccc1Br. The van der Waals surface area contributed by atoms with Gasteiger partial charge in [-0.1, -0.05) is 19.9 Å². The van der Waals surface area contributed by atoms with Gasteiger partial charge in [0.05, 0.1) is 15.6 Å². The Hall–Kier alpha value is -0.0600. The molecule has 0 aliphatic rings. The minimum absolute atomic E-state index is 0.501. The van der Waals surface area contributed by atoms with Crippen LogP contribution in [0, 0.1) is 5.92 Å². The fourth-order valence-corrected chi connectivity index (χ4v) is 2.66. The quantitative estimate of drug-likeness (QED) is 0.731. The molecule has 1 rings (SSSR count). The van der Waals surface area contributed by atoms with Crippen molar-refractivity contribution in [3.63, 3.8) is 0 Å². The highest BCUT2D eigenvalue weighted by Crippen LogP contribution is 2.33. The Morgan fingerprint density at radius 3 is 2.53 bits per heavy atom. The van der Waals surface area contributed by atoms with E-state index in [-0.39, 0.29) is 0 Å². The Bertz CT molecular complexity index is 324. The summed E-state index contributed by atoms with van der Waals surface area (Å²) in [7, 11) is 0. The first-order valence-corrected chi connectivity index (χ1v) is 7.51. The zero-order valence-electron chi connectivity index (χ0n) is 10.3. The maximum atomic E-state index is 5.83. The third kappa shape index (κ3) is 5.40. The van der Waals surface area contributed by atoms with Crippen molar-refractivity contribution in [1.29, 1.82) is 0 Å². The summed E-state index contributed by atoms with van der Waals surface area (Å²) in [5.41, 5.74) is 0. The number of halogens is 2. The molecule has 1 N–H and O–H groups in total. The Kier molecular flexibility index (Phi) is 7.16. The Balaban J connectivity index is 2.39. The molecule has 2 nitrogen and oxygen atoms in total. The van der Waals surface area contributed by atoms with Crippen LogP contribution in [0.25, 0.3) is 0 Å². The van der Waals surface area contributed by atoms with E-state index in [0.29, 0.717) is 5.92 Å². The van der Waals surface area contributed by atoms with Crippen LogP contribution in [0.5, 0.6) is 5.75 Å². The molecule has 1 atom stereocenters. The molecule has 17 heavy (non-hydrogen) atoms. The standard InChI is InChI=1S/C13H19Br2NO/c1-3-7-16-8-10(2)9-17-13-11(14)5-4-6-12(13)15/h4-6,10,16H,3,7-9H2,1-2H3. The number of para-hydroxylation sites is 1. The second-order valence-corrected chi connectivity index (χ2v) is 5.88. The molecule has 1 aromatic carbocycles.